The summed E-state index contributed by atoms with van der Waals surface area (Å²) in [6.07, 6.45) is 1.12. The van der Waals surface area contributed by atoms with Gasteiger partial charge in [0.05, 0.1) is 9.79 Å². The molecule has 2 aromatic carbocycles. The maximum absolute atomic E-state index is 13.3. The van der Waals surface area contributed by atoms with Crippen LogP contribution < -0.4 is 4.90 Å². The van der Waals surface area contributed by atoms with Gasteiger partial charge in [0.2, 0.25) is 10.0 Å². The third-order valence-electron chi connectivity index (χ3n) is 4.70. The minimum Gasteiger partial charge on any atom is -0.306 e. The van der Waals surface area contributed by atoms with E-state index >= 15 is 0 Å². The standard InChI is InChI=1S/C21H28N2O5S2/c1-6-22(7-2)30(27,28)20-10-8-9-17(15-20)21(24)23(16(3)4)18-11-13-19(14-12-18)29(5,25)26/h8-16H,6-7H2,1-5H3. The van der Waals surface area contributed by atoms with Crippen LogP contribution in [0, 0.1) is 0 Å². The Morgan fingerprint density at radius 2 is 1.47 bits per heavy atom. The number of hydrogen-bond donors (Lipinski definition) is 0. The minimum absolute atomic E-state index is 0.0631. The van der Waals surface area contributed by atoms with E-state index in [9.17, 15) is 21.6 Å². The van der Waals surface area contributed by atoms with Crippen molar-refractivity contribution in [3.8, 4) is 0 Å². The number of carbonyl (C=O) groups is 1. The molecule has 2 rings (SSSR count). The molecule has 30 heavy (non-hydrogen) atoms. The molecule has 0 saturated carbocycles. The van der Waals surface area contributed by atoms with Crippen LogP contribution in [-0.4, -0.2) is 52.4 Å². The highest BCUT2D eigenvalue weighted by Crippen LogP contribution is 2.24. The van der Waals surface area contributed by atoms with Gasteiger partial charge in [-0.15, -0.1) is 0 Å². The summed E-state index contributed by atoms with van der Waals surface area (Å²) in [5, 5.41) is 0. The zero-order valence-electron chi connectivity index (χ0n) is 17.9. The Bertz CT molecular complexity index is 1100. The second-order valence-corrected chi connectivity index (χ2v) is 11.1. The van der Waals surface area contributed by atoms with E-state index in [1.807, 2.05) is 13.8 Å². The molecular formula is C21H28N2O5S2. The van der Waals surface area contributed by atoms with E-state index in [0.717, 1.165) is 6.26 Å². The molecule has 0 aliphatic heterocycles. The number of anilines is 1. The zero-order chi connectivity index (χ0) is 22.7. The van der Waals surface area contributed by atoms with E-state index in [-0.39, 0.29) is 27.3 Å². The summed E-state index contributed by atoms with van der Waals surface area (Å²) in [5.41, 5.74) is 0.767. The molecule has 164 valence electrons. The first-order valence-electron chi connectivity index (χ1n) is 9.67. The highest BCUT2D eigenvalue weighted by Gasteiger charge is 2.25. The van der Waals surface area contributed by atoms with Crippen LogP contribution in [0.1, 0.15) is 38.1 Å². The molecule has 0 bridgehead atoms. The van der Waals surface area contributed by atoms with Crippen molar-refractivity contribution in [1.29, 1.82) is 0 Å². The van der Waals surface area contributed by atoms with Crippen molar-refractivity contribution in [2.24, 2.45) is 0 Å². The molecule has 0 aromatic heterocycles. The summed E-state index contributed by atoms with van der Waals surface area (Å²) < 4.78 is 50.4. The number of sulfonamides is 1. The van der Waals surface area contributed by atoms with Crippen molar-refractivity contribution in [3.05, 3.63) is 54.1 Å². The van der Waals surface area contributed by atoms with Gasteiger partial charge in [-0.1, -0.05) is 19.9 Å². The van der Waals surface area contributed by atoms with Crippen molar-refractivity contribution in [2.75, 3.05) is 24.2 Å². The Morgan fingerprint density at radius 3 is 1.93 bits per heavy atom. The topological polar surface area (TPSA) is 91.8 Å². The Morgan fingerprint density at radius 1 is 0.900 bits per heavy atom. The quantitative estimate of drug-likeness (QED) is 0.613. The van der Waals surface area contributed by atoms with Crippen LogP contribution in [0.3, 0.4) is 0 Å². The molecule has 0 heterocycles. The molecular weight excluding hydrogens is 424 g/mol. The maximum atomic E-state index is 13.3. The lowest BCUT2D eigenvalue weighted by Gasteiger charge is -2.27. The van der Waals surface area contributed by atoms with Crippen LogP contribution in [0.25, 0.3) is 0 Å². The van der Waals surface area contributed by atoms with Crippen LogP contribution in [0.4, 0.5) is 5.69 Å². The van der Waals surface area contributed by atoms with Gasteiger partial charge in [0, 0.05) is 36.6 Å². The number of sulfone groups is 1. The number of hydrogen-bond acceptors (Lipinski definition) is 5. The number of nitrogens with zero attached hydrogens (tertiary/aromatic N) is 2. The predicted molar refractivity (Wildman–Crippen MR) is 118 cm³/mol. The largest absolute Gasteiger partial charge is 0.306 e. The van der Waals surface area contributed by atoms with Gasteiger partial charge in [0.25, 0.3) is 5.91 Å². The molecule has 0 aliphatic carbocycles. The Kier molecular flexibility index (Phi) is 7.44. The summed E-state index contributed by atoms with van der Waals surface area (Å²) in [5.74, 6) is -0.367. The molecule has 0 radical (unpaired) electrons. The molecule has 0 N–H and O–H groups in total. The van der Waals surface area contributed by atoms with Crippen LogP contribution in [0.5, 0.6) is 0 Å². The monoisotopic (exact) mass is 452 g/mol. The normalized spacial score (nSPS) is 12.4. The van der Waals surface area contributed by atoms with Gasteiger partial charge in [0.1, 0.15) is 0 Å². The SMILES string of the molecule is CCN(CC)S(=O)(=O)c1cccc(C(=O)N(c2ccc(S(C)(=O)=O)cc2)C(C)C)c1. The number of carbonyl (C=O) groups excluding carboxylic acids is 1. The summed E-state index contributed by atoms with van der Waals surface area (Å²) in [6, 6.07) is 11.8. The predicted octanol–water partition coefficient (Wildman–Crippen LogP) is 3.18. The van der Waals surface area contributed by atoms with Gasteiger partial charge in [-0.05, 0) is 56.3 Å². The minimum atomic E-state index is -3.69. The number of benzene rings is 2. The Balaban J connectivity index is 2.46. The average molecular weight is 453 g/mol. The highest BCUT2D eigenvalue weighted by atomic mass is 32.2. The Labute approximate surface area is 179 Å². The van der Waals surface area contributed by atoms with E-state index in [1.54, 1.807) is 38.1 Å². The fourth-order valence-electron chi connectivity index (χ4n) is 3.15. The van der Waals surface area contributed by atoms with E-state index in [4.69, 9.17) is 0 Å². The second kappa shape index (κ2) is 9.28. The molecule has 0 atom stereocenters. The van der Waals surface area contributed by atoms with Crippen molar-refractivity contribution in [2.45, 2.75) is 43.5 Å². The summed E-state index contributed by atoms with van der Waals surface area (Å²) >= 11 is 0. The van der Waals surface area contributed by atoms with Crippen LogP contribution in [0.2, 0.25) is 0 Å². The van der Waals surface area contributed by atoms with Crippen LogP contribution in [0.15, 0.2) is 58.3 Å². The summed E-state index contributed by atoms with van der Waals surface area (Å²) in [7, 11) is -7.04. The lowest BCUT2D eigenvalue weighted by Crippen LogP contribution is -2.37. The van der Waals surface area contributed by atoms with Crippen molar-refractivity contribution in [3.63, 3.8) is 0 Å². The summed E-state index contributed by atoms with van der Waals surface area (Å²) in [4.78, 5) is 15.0. The first kappa shape index (κ1) is 24.0. The molecule has 7 nitrogen and oxygen atoms in total. The van der Waals surface area contributed by atoms with Crippen molar-refractivity contribution >= 4 is 31.5 Å². The zero-order valence-corrected chi connectivity index (χ0v) is 19.5. The first-order valence-corrected chi connectivity index (χ1v) is 13.0. The third-order valence-corrected chi connectivity index (χ3v) is 7.88. The molecule has 2 aromatic rings. The van der Waals surface area contributed by atoms with Crippen LogP contribution in [-0.2, 0) is 19.9 Å². The molecule has 0 unspecified atom stereocenters. The first-order chi connectivity index (χ1) is 13.9. The van der Waals surface area contributed by atoms with Gasteiger partial charge in [-0.3, -0.25) is 4.79 Å². The summed E-state index contributed by atoms with van der Waals surface area (Å²) in [6.45, 7) is 7.86. The van der Waals surface area contributed by atoms with Gasteiger partial charge >= 0.3 is 0 Å². The lowest BCUT2D eigenvalue weighted by atomic mass is 10.1. The fourth-order valence-corrected chi connectivity index (χ4v) is 5.28. The molecule has 0 saturated heterocycles. The average Bonchev–Trinajstić information content (AvgIpc) is 2.68. The number of rotatable bonds is 8. The Hall–Kier alpha value is -2.23. The smallest absolute Gasteiger partial charge is 0.258 e. The van der Waals surface area contributed by atoms with E-state index in [2.05, 4.69) is 0 Å². The van der Waals surface area contributed by atoms with E-state index in [0.29, 0.717) is 18.8 Å². The highest BCUT2D eigenvalue weighted by molar-refractivity contribution is 7.90. The molecule has 0 spiro atoms. The van der Waals surface area contributed by atoms with Gasteiger partial charge in [-0.2, -0.15) is 4.31 Å². The van der Waals surface area contributed by atoms with Crippen molar-refractivity contribution in [1.82, 2.24) is 4.31 Å². The number of amides is 1. The molecule has 0 aliphatic rings. The maximum Gasteiger partial charge on any atom is 0.258 e. The third kappa shape index (κ3) is 5.08. The van der Waals surface area contributed by atoms with Gasteiger partial charge < -0.3 is 4.90 Å². The molecule has 0 fully saturated rings. The molecule has 1 amide bonds. The fraction of sp³-hybridized carbons (Fsp3) is 0.381. The van der Waals surface area contributed by atoms with Crippen LogP contribution >= 0.6 is 0 Å². The van der Waals surface area contributed by atoms with E-state index in [1.165, 1.54) is 33.5 Å². The van der Waals surface area contributed by atoms with Gasteiger partial charge in [-0.25, -0.2) is 16.8 Å². The van der Waals surface area contributed by atoms with E-state index < -0.39 is 19.9 Å². The van der Waals surface area contributed by atoms with Crippen molar-refractivity contribution < 1.29 is 21.6 Å². The molecule has 9 heteroatoms. The second-order valence-electron chi connectivity index (χ2n) is 7.15. The lowest BCUT2D eigenvalue weighted by molar-refractivity contribution is 0.0980. The van der Waals surface area contributed by atoms with Gasteiger partial charge in [0.15, 0.2) is 9.84 Å².